The molecule has 1 fully saturated rings. The second kappa shape index (κ2) is 10.5. The number of carboxylic acids is 2. The Kier molecular flexibility index (Phi) is 8.74. The molecule has 1 aliphatic rings. The molecule has 1 heterocycles. The van der Waals surface area contributed by atoms with Gasteiger partial charge in [-0.2, -0.15) is 0 Å². The molecular weight excluding hydrogens is 338 g/mol. The number of hydrogen-bond donors (Lipinski definition) is 3. The van der Waals surface area contributed by atoms with Gasteiger partial charge in [0.2, 0.25) is 5.91 Å². The molecule has 26 heavy (non-hydrogen) atoms. The molecular formula is C18H27N3O5. The van der Waals surface area contributed by atoms with E-state index in [1.807, 2.05) is 26.0 Å². The van der Waals surface area contributed by atoms with Crippen LogP contribution in [0, 0.1) is 13.8 Å². The van der Waals surface area contributed by atoms with Gasteiger partial charge in [0.1, 0.15) is 0 Å². The minimum absolute atomic E-state index is 0.105. The molecule has 1 amide bonds. The lowest BCUT2D eigenvalue weighted by Gasteiger charge is -2.32. The topological polar surface area (TPSA) is 110 Å². The number of carboxylic acid groups (broad SMARTS) is 2. The zero-order chi connectivity index (χ0) is 19.7. The number of amides is 1. The third-order valence-electron chi connectivity index (χ3n) is 3.94. The molecule has 1 aliphatic heterocycles. The fraction of sp³-hybridized carbons (Fsp3) is 0.500. The van der Waals surface area contributed by atoms with Gasteiger partial charge in [0.05, 0.1) is 0 Å². The van der Waals surface area contributed by atoms with Crippen molar-refractivity contribution in [3.05, 3.63) is 29.3 Å². The van der Waals surface area contributed by atoms with Crippen molar-refractivity contribution in [2.75, 3.05) is 45.1 Å². The minimum Gasteiger partial charge on any atom is -0.473 e. The first-order valence-corrected chi connectivity index (χ1v) is 8.42. The highest BCUT2D eigenvalue weighted by molar-refractivity contribution is 6.27. The van der Waals surface area contributed by atoms with E-state index < -0.39 is 11.9 Å². The summed E-state index contributed by atoms with van der Waals surface area (Å²) in [5.74, 6) is -3.54. The Labute approximate surface area is 153 Å². The monoisotopic (exact) mass is 365 g/mol. The summed E-state index contributed by atoms with van der Waals surface area (Å²) in [6.07, 6.45) is 0.566. The van der Waals surface area contributed by atoms with Gasteiger partial charge in [-0.05, 0) is 44.2 Å². The number of nitrogens with one attached hydrogen (secondary N) is 1. The van der Waals surface area contributed by atoms with Crippen LogP contribution in [0.25, 0.3) is 0 Å². The first-order valence-electron chi connectivity index (χ1n) is 8.42. The van der Waals surface area contributed by atoms with Gasteiger partial charge in [-0.15, -0.1) is 0 Å². The fourth-order valence-corrected chi connectivity index (χ4v) is 2.60. The largest absolute Gasteiger partial charge is 0.473 e. The van der Waals surface area contributed by atoms with Gasteiger partial charge in [-0.25, -0.2) is 9.59 Å². The average molecular weight is 365 g/mol. The molecule has 1 aromatic carbocycles. The molecule has 0 bridgehead atoms. The second-order valence-corrected chi connectivity index (χ2v) is 6.43. The van der Waals surface area contributed by atoms with Gasteiger partial charge in [0.15, 0.2) is 0 Å². The van der Waals surface area contributed by atoms with Crippen molar-refractivity contribution in [2.45, 2.75) is 20.3 Å². The van der Waals surface area contributed by atoms with Crippen molar-refractivity contribution in [1.82, 2.24) is 9.80 Å². The Bertz CT molecular complexity index is 607. The van der Waals surface area contributed by atoms with Crippen LogP contribution in [0.15, 0.2) is 18.2 Å². The molecule has 0 aromatic heterocycles. The molecule has 8 nitrogen and oxygen atoms in total. The SMILES string of the molecule is Cc1cc(C)cc(NC(=O)CCN2CCN(C)CC2)c1.O=C(O)C(=O)O. The molecule has 3 N–H and O–H groups in total. The van der Waals surface area contributed by atoms with Gasteiger partial charge in [0, 0.05) is 44.8 Å². The number of piperazine rings is 1. The molecule has 8 heteroatoms. The number of benzene rings is 1. The number of rotatable bonds is 4. The number of carbonyl (C=O) groups excluding carboxylic acids is 1. The van der Waals surface area contributed by atoms with Crippen LogP contribution in [-0.2, 0) is 14.4 Å². The van der Waals surface area contributed by atoms with Gasteiger partial charge in [0.25, 0.3) is 0 Å². The summed E-state index contributed by atoms with van der Waals surface area (Å²) >= 11 is 0. The van der Waals surface area contributed by atoms with Gasteiger partial charge < -0.3 is 25.3 Å². The lowest BCUT2D eigenvalue weighted by Crippen LogP contribution is -2.45. The first kappa shape index (κ1) is 21.6. The number of aliphatic carboxylic acids is 2. The number of likely N-dealkylation sites (N-methyl/N-ethyl adjacent to an activating group) is 1. The summed E-state index contributed by atoms with van der Waals surface area (Å²) in [7, 11) is 2.14. The Morgan fingerprint density at radius 2 is 1.46 bits per heavy atom. The maximum Gasteiger partial charge on any atom is 0.414 e. The third-order valence-corrected chi connectivity index (χ3v) is 3.94. The summed E-state index contributed by atoms with van der Waals surface area (Å²) in [4.78, 5) is 34.9. The fourth-order valence-electron chi connectivity index (χ4n) is 2.60. The molecule has 0 unspecified atom stereocenters. The molecule has 0 aliphatic carbocycles. The zero-order valence-corrected chi connectivity index (χ0v) is 15.5. The molecule has 2 rings (SSSR count). The Hall–Kier alpha value is -2.45. The van der Waals surface area contributed by atoms with E-state index >= 15 is 0 Å². The minimum atomic E-state index is -1.82. The van der Waals surface area contributed by atoms with Crippen LogP contribution in [0.4, 0.5) is 5.69 Å². The highest BCUT2D eigenvalue weighted by Gasteiger charge is 2.14. The summed E-state index contributed by atoms with van der Waals surface area (Å²) in [6, 6.07) is 6.14. The van der Waals surface area contributed by atoms with E-state index in [1.165, 1.54) is 11.1 Å². The van der Waals surface area contributed by atoms with Crippen LogP contribution < -0.4 is 5.32 Å². The standard InChI is InChI=1S/C16H25N3O.C2H2O4/c1-13-10-14(2)12-15(11-13)17-16(20)4-5-19-8-6-18(3)7-9-19;3-1(4)2(5)6/h10-12H,4-9H2,1-3H3,(H,17,20);(H,3,4)(H,5,6). The quantitative estimate of drug-likeness (QED) is 0.684. The van der Waals surface area contributed by atoms with Crippen LogP contribution in [0.1, 0.15) is 17.5 Å². The van der Waals surface area contributed by atoms with Crippen molar-refractivity contribution in [1.29, 1.82) is 0 Å². The van der Waals surface area contributed by atoms with Crippen molar-refractivity contribution in [3.63, 3.8) is 0 Å². The highest BCUT2D eigenvalue weighted by Crippen LogP contribution is 2.14. The Morgan fingerprint density at radius 1 is 0.962 bits per heavy atom. The lowest BCUT2D eigenvalue weighted by molar-refractivity contribution is -0.159. The predicted octanol–water partition coefficient (Wildman–Crippen LogP) is 1.04. The molecule has 0 spiro atoms. The number of carbonyl (C=O) groups is 3. The number of nitrogens with zero attached hydrogens (tertiary/aromatic N) is 2. The van der Waals surface area contributed by atoms with Crippen LogP contribution in [0.5, 0.6) is 0 Å². The summed E-state index contributed by atoms with van der Waals surface area (Å²) in [6.45, 7) is 9.27. The number of aryl methyl sites for hydroxylation is 2. The van der Waals surface area contributed by atoms with Crippen LogP contribution in [0.3, 0.4) is 0 Å². The highest BCUT2D eigenvalue weighted by atomic mass is 16.4. The molecule has 0 atom stereocenters. The van der Waals surface area contributed by atoms with E-state index in [0.717, 1.165) is 38.4 Å². The van der Waals surface area contributed by atoms with Crippen molar-refractivity contribution >= 4 is 23.5 Å². The van der Waals surface area contributed by atoms with Gasteiger partial charge >= 0.3 is 11.9 Å². The van der Waals surface area contributed by atoms with Crippen LogP contribution in [0.2, 0.25) is 0 Å². The van der Waals surface area contributed by atoms with Crippen molar-refractivity contribution in [3.8, 4) is 0 Å². The summed E-state index contributed by atoms with van der Waals surface area (Å²) in [5.41, 5.74) is 3.27. The van der Waals surface area contributed by atoms with Crippen molar-refractivity contribution in [2.24, 2.45) is 0 Å². The van der Waals surface area contributed by atoms with E-state index in [0.29, 0.717) is 6.42 Å². The average Bonchev–Trinajstić information content (AvgIpc) is 2.54. The lowest BCUT2D eigenvalue weighted by atomic mass is 10.1. The molecule has 1 saturated heterocycles. The van der Waals surface area contributed by atoms with E-state index in [9.17, 15) is 4.79 Å². The van der Waals surface area contributed by atoms with Crippen molar-refractivity contribution < 1.29 is 24.6 Å². The maximum absolute atomic E-state index is 12.0. The van der Waals surface area contributed by atoms with Crippen LogP contribution in [-0.4, -0.2) is 77.6 Å². The van der Waals surface area contributed by atoms with E-state index in [2.05, 4.69) is 28.2 Å². The van der Waals surface area contributed by atoms with Gasteiger partial charge in [-0.1, -0.05) is 6.07 Å². The van der Waals surface area contributed by atoms with E-state index in [4.69, 9.17) is 19.8 Å². The zero-order valence-electron chi connectivity index (χ0n) is 15.5. The summed E-state index contributed by atoms with van der Waals surface area (Å²) < 4.78 is 0. The molecule has 0 saturated carbocycles. The number of anilines is 1. The normalized spacial score (nSPS) is 14.9. The smallest absolute Gasteiger partial charge is 0.414 e. The van der Waals surface area contributed by atoms with E-state index in [1.54, 1.807) is 0 Å². The predicted molar refractivity (Wildman–Crippen MR) is 98.4 cm³/mol. The first-order chi connectivity index (χ1) is 12.2. The Balaban J connectivity index is 0.000000487. The second-order valence-electron chi connectivity index (χ2n) is 6.43. The van der Waals surface area contributed by atoms with Gasteiger partial charge in [-0.3, -0.25) is 4.79 Å². The Morgan fingerprint density at radius 3 is 1.92 bits per heavy atom. The molecule has 1 aromatic rings. The maximum atomic E-state index is 12.0. The molecule has 0 radical (unpaired) electrons. The molecule has 144 valence electrons. The summed E-state index contributed by atoms with van der Waals surface area (Å²) in [5, 5.41) is 17.8. The third kappa shape index (κ3) is 8.59. The van der Waals surface area contributed by atoms with Crippen LogP contribution >= 0.6 is 0 Å². The number of hydrogen-bond acceptors (Lipinski definition) is 5. The van der Waals surface area contributed by atoms with E-state index in [-0.39, 0.29) is 5.91 Å².